The molecule has 0 aliphatic rings. The van der Waals surface area contributed by atoms with Gasteiger partial charge >= 0.3 is 0 Å². The lowest BCUT2D eigenvalue weighted by Crippen LogP contribution is -1.92. The lowest BCUT2D eigenvalue weighted by molar-refractivity contribution is 1.13. The Morgan fingerprint density at radius 2 is 0.714 bits per heavy atom. The lowest BCUT2D eigenvalue weighted by Gasteiger charge is -2.09. The summed E-state index contributed by atoms with van der Waals surface area (Å²) < 4.78 is 2.34. The molecular formula is C48H33N. The van der Waals surface area contributed by atoms with Crippen LogP contribution in [0.3, 0.4) is 0 Å². The molecule has 8 aromatic carbocycles. The molecule has 0 aliphatic heterocycles. The van der Waals surface area contributed by atoms with Crippen molar-refractivity contribution in [1.82, 2.24) is 4.57 Å². The molecule has 0 atom stereocenters. The van der Waals surface area contributed by atoms with Crippen molar-refractivity contribution in [3.63, 3.8) is 0 Å². The average Bonchev–Trinajstić information content (AvgIpc) is 3.57. The third-order valence-corrected chi connectivity index (χ3v) is 9.66. The van der Waals surface area contributed by atoms with Crippen LogP contribution < -0.4 is 0 Å². The molecule has 49 heavy (non-hydrogen) atoms. The van der Waals surface area contributed by atoms with E-state index < -0.39 is 0 Å². The summed E-state index contributed by atoms with van der Waals surface area (Å²) in [4.78, 5) is 0. The maximum atomic E-state index is 2.35. The normalized spacial score (nSPS) is 11.3. The number of benzene rings is 8. The molecule has 0 unspecified atom stereocenters. The van der Waals surface area contributed by atoms with Crippen molar-refractivity contribution in [3.05, 3.63) is 200 Å². The molecule has 9 rings (SSSR count). The first-order valence-corrected chi connectivity index (χ1v) is 16.8. The van der Waals surface area contributed by atoms with E-state index in [2.05, 4.69) is 205 Å². The molecule has 0 N–H and O–H groups in total. The van der Waals surface area contributed by atoms with Crippen LogP contribution in [-0.4, -0.2) is 4.57 Å². The van der Waals surface area contributed by atoms with E-state index in [1.807, 2.05) is 0 Å². The molecule has 0 fully saturated rings. The molecule has 230 valence electrons. The van der Waals surface area contributed by atoms with E-state index in [1.54, 1.807) is 0 Å². The van der Waals surface area contributed by atoms with Crippen molar-refractivity contribution in [2.24, 2.45) is 0 Å². The second-order valence-corrected chi connectivity index (χ2v) is 12.6. The van der Waals surface area contributed by atoms with E-state index in [1.165, 1.54) is 77.3 Å². The van der Waals surface area contributed by atoms with Gasteiger partial charge in [-0.25, -0.2) is 0 Å². The van der Waals surface area contributed by atoms with Gasteiger partial charge in [0.15, 0.2) is 0 Å². The molecule has 0 saturated carbocycles. The molecular weight excluding hydrogens is 591 g/mol. The van der Waals surface area contributed by atoms with Gasteiger partial charge in [-0.2, -0.15) is 0 Å². The highest BCUT2D eigenvalue weighted by atomic mass is 15.0. The topological polar surface area (TPSA) is 4.93 Å². The first kappa shape index (κ1) is 28.8. The van der Waals surface area contributed by atoms with Gasteiger partial charge in [-0.05, 0) is 91.2 Å². The Hall–Kier alpha value is -6.44. The highest BCUT2D eigenvalue weighted by Gasteiger charge is 2.14. The first-order chi connectivity index (χ1) is 24.3. The zero-order valence-corrected chi connectivity index (χ0v) is 27.0. The lowest BCUT2D eigenvalue weighted by atomic mass is 9.97. The number of aromatic nitrogens is 1. The smallest absolute Gasteiger partial charge is 0.0535 e. The van der Waals surface area contributed by atoms with E-state index in [-0.39, 0.29) is 0 Å². The van der Waals surface area contributed by atoms with Crippen LogP contribution in [-0.2, 0) is 0 Å². The zero-order chi connectivity index (χ0) is 32.6. The molecule has 0 bridgehead atoms. The standard InChI is InChI=1S/C48H33N/c1-3-9-34(10-4-1)37-15-17-39(18-16-37)44-27-30-48-46(32-44)47(41-22-19-38(20-23-41)35-11-5-2-6-12-35)33-49(48)45-28-25-40(26-29-45)43-24-21-36-13-7-8-14-42(36)31-43/h1-33H. The van der Waals surface area contributed by atoms with Gasteiger partial charge in [-0.3, -0.25) is 0 Å². The third-order valence-electron chi connectivity index (χ3n) is 9.66. The van der Waals surface area contributed by atoms with Crippen molar-refractivity contribution < 1.29 is 0 Å². The number of nitrogens with zero attached hydrogens (tertiary/aromatic N) is 1. The van der Waals surface area contributed by atoms with Crippen molar-refractivity contribution in [1.29, 1.82) is 0 Å². The Morgan fingerprint density at radius 1 is 0.286 bits per heavy atom. The van der Waals surface area contributed by atoms with Gasteiger partial charge in [-0.1, -0.05) is 164 Å². The molecule has 1 nitrogen and oxygen atoms in total. The van der Waals surface area contributed by atoms with Crippen LogP contribution in [0.4, 0.5) is 0 Å². The number of hydrogen-bond acceptors (Lipinski definition) is 0. The van der Waals surface area contributed by atoms with E-state index >= 15 is 0 Å². The van der Waals surface area contributed by atoms with Gasteiger partial charge in [0.05, 0.1) is 5.52 Å². The minimum atomic E-state index is 1.14. The molecule has 0 spiro atoms. The molecule has 1 heteroatoms. The SMILES string of the molecule is c1ccc(-c2ccc(-c3ccc4c(c3)c(-c3ccc(-c5ccccc5)cc3)cn4-c3ccc(-c4ccc5ccccc5c4)cc3)cc2)cc1. The maximum absolute atomic E-state index is 2.35. The van der Waals surface area contributed by atoms with Crippen molar-refractivity contribution in [2.75, 3.05) is 0 Å². The maximum Gasteiger partial charge on any atom is 0.0535 e. The average molecular weight is 624 g/mol. The molecule has 0 radical (unpaired) electrons. The second kappa shape index (κ2) is 12.3. The number of fused-ring (bicyclic) bond motifs is 2. The number of hydrogen-bond donors (Lipinski definition) is 0. The molecule has 0 amide bonds. The summed E-state index contributed by atoms with van der Waals surface area (Å²) in [7, 11) is 0. The van der Waals surface area contributed by atoms with E-state index in [9.17, 15) is 0 Å². The Morgan fingerprint density at radius 3 is 1.33 bits per heavy atom. The van der Waals surface area contributed by atoms with Crippen LogP contribution in [0, 0.1) is 0 Å². The Kier molecular flexibility index (Phi) is 7.22. The van der Waals surface area contributed by atoms with Crippen LogP contribution in [0.1, 0.15) is 0 Å². The van der Waals surface area contributed by atoms with Crippen LogP contribution >= 0.6 is 0 Å². The highest BCUT2D eigenvalue weighted by Crippen LogP contribution is 2.37. The summed E-state index contributed by atoms with van der Waals surface area (Å²) in [5, 5.41) is 3.75. The van der Waals surface area contributed by atoms with Gasteiger partial charge < -0.3 is 4.57 Å². The molecule has 9 aromatic rings. The molecule has 0 aliphatic carbocycles. The predicted molar refractivity (Wildman–Crippen MR) is 208 cm³/mol. The highest BCUT2D eigenvalue weighted by molar-refractivity contribution is 6.00. The third kappa shape index (κ3) is 5.52. The monoisotopic (exact) mass is 623 g/mol. The minimum Gasteiger partial charge on any atom is -0.316 e. The van der Waals surface area contributed by atoms with Crippen LogP contribution in [0.15, 0.2) is 200 Å². The Bertz CT molecular complexity index is 2540. The van der Waals surface area contributed by atoms with E-state index in [0.717, 1.165) is 5.69 Å². The summed E-state index contributed by atoms with van der Waals surface area (Å²) >= 11 is 0. The van der Waals surface area contributed by atoms with Crippen LogP contribution in [0.2, 0.25) is 0 Å². The van der Waals surface area contributed by atoms with Gasteiger partial charge in [0.1, 0.15) is 0 Å². The van der Waals surface area contributed by atoms with Gasteiger partial charge in [0.25, 0.3) is 0 Å². The van der Waals surface area contributed by atoms with E-state index in [4.69, 9.17) is 0 Å². The summed E-state index contributed by atoms with van der Waals surface area (Å²) in [5.41, 5.74) is 14.5. The minimum absolute atomic E-state index is 1.14. The Labute approximate surface area is 287 Å². The van der Waals surface area contributed by atoms with Gasteiger partial charge in [-0.15, -0.1) is 0 Å². The first-order valence-electron chi connectivity index (χ1n) is 16.8. The van der Waals surface area contributed by atoms with Crippen molar-refractivity contribution in [3.8, 4) is 61.3 Å². The summed E-state index contributed by atoms with van der Waals surface area (Å²) in [6.07, 6.45) is 2.30. The zero-order valence-electron chi connectivity index (χ0n) is 27.0. The fourth-order valence-corrected chi connectivity index (χ4v) is 7.00. The second-order valence-electron chi connectivity index (χ2n) is 12.6. The van der Waals surface area contributed by atoms with Gasteiger partial charge in [0, 0.05) is 22.8 Å². The Balaban J connectivity index is 1.12. The largest absolute Gasteiger partial charge is 0.316 e. The quantitative estimate of drug-likeness (QED) is 0.174. The van der Waals surface area contributed by atoms with Crippen LogP contribution in [0.25, 0.3) is 83.0 Å². The summed E-state index contributed by atoms with van der Waals surface area (Å²) in [6, 6.07) is 70.1. The van der Waals surface area contributed by atoms with Gasteiger partial charge in [0.2, 0.25) is 0 Å². The molecule has 1 heterocycles. The van der Waals surface area contributed by atoms with Crippen molar-refractivity contribution in [2.45, 2.75) is 0 Å². The predicted octanol–water partition coefficient (Wildman–Crippen LogP) is 13.1. The summed E-state index contributed by atoms with van der Waals surface area (Å²) in [5.74, 6) is 0. The number of rotatable bonds is 6. The van der Waals surface area contributed by atoms with E-state index in [0.29, 0.717) is 0 Å². The van der Waals surface area contributed by atoms with Crippen molar-refractivity contribution >= 4 is 21.7 Å². The fourth-order valence-electron chi connectivity index (χ4n) is 7.00. The molecule has 0 saturated heterocycles. The fraction of sp³-hybridized carbons (Fsp3) is 0. The molecule has 1 aromatic heterocycles. The summed E-state index contributed by atoms with van der Waals surface area (Å²) in [6.45, 7) is 0. The van der Waals surface area contributed by atoms with Crippen LogP contribution in [0.5, 0.6) is 0 Å².